The lowest BCUT2D eigenvalue weighted by molar-refractivity contribution is -0.142. The molecule has 1 aliphatic heterocycles. The Morgan fingerprint density at radius 3 is 2.43 bits per heavy atom. The Hall–Kier alpha value is -1.84. The Bertz CT molecular complexity index is 616. The van der Waals surface area contributed by atoms with Gasteiger partial charge in [0.2, 0.25) is 11.8 Å². The summed E-state index contributed by atoms with van der Waals surface area (Å²) in [6.07, 6.45) is 0.466. The lowest BCUT2D eigenvalue weighted by Gasteiger charge is -2.40. The number of aryl methyl sites for hydroxylation is 2. The van der Waals surface area contributed by atoms with Crippen molar-refractivity contribution in [3.63, 3.8) is 0 Å². The number of amides is 2. The van der Waals surface area contributed by atoms with Gasteiger partial charge in [0.15, 0.2) is 0 Å². The quantitative estimate of drug-likeness (QED) is 0.840. The fraction of sp³-hybridized carbons (Fsp3) is 0.579. The summed E-state index contributed by atoms with van der Waals surface area (Å²) in [5, 5.41) is 0. The molecule has 4 heteroatoms. The van der Waals surface area contributed by atoms with Crippen molar-refractivity contribution in [2.24, 2.45) is 5.41 Å². The Balaban J connectivity index is 2.17. The molecule has 1 atom stereocenters. The summed E-state index contributed by atoms with van der Waals surface area (Å²) in [6, 6.07) is 5.71. The maximum Gasteiger partial charge on any atom is 0.249 e. The molecular formula is C19H28N2O2. The summed E-state index contributed by atoms with van der Waals surface area (Å²) in [5.74, 6) is 0.0732. The summed E-state index contributed by atoms with van der Waals surface area (Å²) < 4.78 is 0. The van der Waals surface area contributed by atoms with Gasteiger partial charge in [0.05, 0.1) is 0 Å². The predicted octanol–water partition coefficient (Wildman–Crippen LogP) is 3.30. The Kier molecular flexibility index (Phi) is 4.83. The molecule has 2 rings (SSSR count). The van der Waals surface area contributed by atoms with E-state index in [1.165, 1.54) is 5.56 Å². The van der Waals surface area contributed by atoms with Crippen LogP contribution < -0.4 is 4.90 Å². The van der Waals surface area contributed by atoms with Crippen molar-refractivity contribution in [1.82, 2.24) is 4.90 Å². The van der Waals surface area contributed by atoms with Gasteiger partial charge >= 0.3 is 0 Å². The predicted molar refractivity (Wildman–Crippen MR) is 93.5 cm³/mol. The molecule has 1 aromatic rings. The van der Waals surface area contributed by atoms with E-state index in [0.717, 1.165) is 11.3 Å². The first-order valence-corrected chi connectivity index (χ1v) is 8.28. The molecule has 0 saturated carbocycles. The molecule has 1 heterocycles. The van der Waals surface area contributed by atoms with Crippen molar-refractivity contribution in [1.29, 1.82) is 0 Å². The molecule has 0 aliphatic carbocycles. The Morgan fingerprint density at radius 2 is 1.87 bits per heavy atom. The first-order valence-electron chi connectivity index (χ1n) is 8.28. The molecule has 0 N–H and O–H groups in total. The maximum absolute atomic E-state index is 12.8. The summed E-state index contributed by atoms with van der Waals surface area (Å²) in [7, 11) is 0. The van der Waals surface area contributed by atoms with Gasteiger partial charge < -0.3 is 9.80 Å². The van der Waals surface area contributed by atoms with Crippen LogP contribution in [0.3, 0.4) is 0 Å². The minimum absolute atomic E-state index is 0.00506. The SMILES string of the molecule is Cc1ccc(N2CCN(C(=O)CC(C)(C)C)[C@H](C)C2=O)c(C)c1. The topological polar surface area (TPSA) is 40.6 Å². The monoisotopic (exact) mass is 316 g/mol. The zero-order valence-electron chi connectivity index (χ0n) is 15.1. The molecule has 126 valence electrons. The number of nitrogens with zero attached hydrogens (tertiary/aromatic N) is 2. The molecule has 0 radical (unpaired) electrons. The first kappa shape index (κ1) is 17.5. The van der Waals surface area contributed by atoms with Gasteiger partial charge in [-0.15, -0.1) is 0 Å². The largest absolute Gasteiger partial charge is 0.329 e. The summed E-state index contributed by atoms with van der Waals surface area (Å²) in [6.45, 7) is 13.2. The number of rotatable bonds is 2. The van der Waals surface area contributed by atoms with E-state index < -0.39 is 6.04 Å². The van der Waals surface area contributed by atoms with Gasteiger partial charge in [-0.3, -0.25) is 9.59 Å². The van der Waals surface area contributed by atoms with E-state index in [0.29, 0.717) is 19.5 Å². The summed E-state index contributed by atoms with van der Waals surface area (Å²) in [4.78, 5) is 28.8. The fourth-order valence-corrected chi connectivity index (χ4v) is 3.11. The van der Waals surface area contributed by atoms with Crippen molar-refractivity contribution in [2.75, 3.05) is 18.0 Å². The number of carbonyl (C=O) groups excluding carboxylic acids is 2. The molecular weight excluding hydrogens is 288 g/mol. The van der Waals surface area contributed by atoms with Gasteiger partial charge in [0, 0.05) is 25.2 Å². The van der Waals surface area contributed by atoms with Crippen LogP contribution in [0.15, 0.2) is 18.2 Å². The van der Waals surface area contributed by atoms with Gasteiger partial charge in [0.1, 0.15) is 6.04 Å². The van der Waals surface area contributed by atoms with E-state index in [2.05, 4.69) is 6.07 Å². The highest BCUT2D eigenvalue weighted by atomic mass is 16.2. The van der Waals surface area contributed by atoms with Crippen molar-refractivity contribution < 1.29 is 9.59 Å². The van der Waals surface area contributed by atoms with Crippen LogP contribution in [-0.2, 0) is 9.59 Å². The second kappa shape index (κ2) is 6.34. The third kappa shape index (κ3) is 3.92. The molecule has 23 heavy (non-hydrogen) atoms. The van der Waals surface area contributed by atoms with Gasteiger partial charge in [-0.05, 0) is 37.8 Å². The number of piperazine rings is 1. The third-order valence-electron chi connectivity index (χ3n) is 4.30. The molecule has 0 unspecified atom stereocenters. The van der Waals surface area contributed by atoms with E-state index in [4.69, 9.17) is 0 Å². The van der Waals surface area contributed by atoms with E-state index in [9.17, 15) is 9.59 Å². The third-order valence-corrected chi connectivity index (χ3v) is 4.30. The molecule has 0 aromatic heterocycles. The molecule has 0 bridgehead atoms. The van der Waals surface area contributed by atoms with Crippen LogP contribution in [-0.4, -0.2) is 35.8 Å². The molecule has 1 saturated heterocycles. The van der Waals surface area contributed by atoms with Crippen molar-refractivity contribution >= 4 is 17.5 Å². The van der Waals surface area contributed by atoms with Crippen LogP contribution in [0.1, 0.15) is 45.2 Å². The molecule has 4 nitrogen and oxygen atoms in total. The maximum atomic E-state index is 12.8. The highest BCUT2D eigenvalue weighted by Gasteiger charge is 2.36. The van der Waals surface area contributed by atoms with E-state index >= 15 is 0 Å². The normalized spacial score (nSPS) is 19.2. The van der Waals surface area contributed by atoms with Crippen molar-refractivity contribution in [3.8, 4) is 0 Å². The highest BCUT2D eigenvalue weighted by Crippen LogP contribution is 2.27. The second-order valence-corrected chi connectivity index (χ2v) is 7.78. The lowest BCUT2D eigenvalue weighted by atomic mass is 9.91. The minimum Gasteiger partial charge on any atom is -0.329 e. The highest BCUT2D eigenvalue weighted by molar-refractivity contribution is 6.00. The zero-order valence-corrected chi connectivity index (χ0v) is 15.1. The van der Waals surface area contributed by atoms with Crippen molar-refractivity contribution in [3.05, 3.63) is 29.3 Å². The van der Waals surface area contributed by atoms with Crippen LogP contribution in [0, 0.1) is 19.3 Å². The molecule has 1 fully saturated rings. The van der Waals surface area contributed by atoms with Crippen LogP contribution in [0.5, 0.6) is 0 Å². The second-order valence-electron chi connectivity index (χ2n) is 7.78. The summed E-state index contributed by atoms with van der Waals surface area (Å²) in [5.41, 5.74) is 3.17. The van der Waals surface area contributed by atoms with Gasteiger partial charge in [-0.25, -0.2) is 0 Å². The fourth-order valence-electron chi connectivity index (χ4n) is 3.11. The van der Waals surface area contributed by atoms with E-state index in [1.807, 2.05) is 58.6 Å². The summed E-state index contributed by atoms with van der Waals surface area (Å²) >= 11 is 0. The average molecular weight is 316 g/mol. The van der Waals surface area contributed by atoms with Gasteiger partial charge in [-0.2, -0.15) is 0 Å². The lowest BCUT2D eigenvalue weighted by Crippen LogP contribution is -2.58. The minimum atomic E-state index is -0.403. The smallest absolute Gasteiger partial charge is 0.249 e. The zero-order chi connectivity index (χ0) is 17.4. The number of anilines is 1. The van der Waals surface area contributed by atoms with Crippen LogP contribution in [0.2, 0.25) is 0 Å². The van der Waals surface area contributed by atoms with E-state index in [-0.39, 0.29) is 17.2 Å². The number of hydrogen-bond donors (Lipinski definition) is 0. The number of hydrogen-bond acceptors (Lipinski definition) is 2. The molecule has 1 aliphatic rings. The average Bonchev–Trinajstić information content (AvgIpc) is 2.40. The van der Waals surface area contributed by atoms with Crippen LogP contribution >= 0.6 is 0 Å². The van der Waals surface area contributed by atoms with E-state index in [1.54, 1.807) is 4.90 Å². The Labute approximate surface area is 139 Å². The van der Waals surface area contributed by atoms with Gasteiger partial charge in [-0.1, -0.05) is 38.5 Å². The van der Waals surface area contributed by atoms with Crippen LogP contribution in [0.4, 0.5) is 5.69 Å². The van der Waals surface area contributed by atoms with Crippen LogP contribution in [0.25, 0.3) is 0 Å². The van der Waals surface area contributed by atoms with Crippen molar-refractivity contribution in [2.45, 2.75) is 54.0 Å². The molecule has 2 amide bonds. The standard InChI is InChI=1S/C19H28N2O2/c1-13-7-8-16(14(2)11-13)21-10-9-20(15(3)18(21)23)17(22)12-19(4,5)6/h7-8,11,15H,9-10,12H2,1-6H3/t15-/m1/s1. The first-order chi connectivity index (χ1) is 10.6. The Morgan fingerprint density at radius 1 is 1.22 bits per heavy atom. The number of benzene rings is 1. The number of carbonyl (C=O) groups is 2. The molecule has 0 spiro atoms. The van der Waals surface area contributed by atoms with Gasteiger partial charge in [0.25, 0.3) is 0 Å². The molecule has 1 aromatic carbocycles.